The number of rotatable bonds is 7. The average molecular weight is 422 g/mol. The number of hydrogen-bond donors (Lipinski definition) is 1. The average Bonchev–Trinajstić information content (AvgIpc) is 2.76. The van der Waals surface area contributed by atoms with Crippen LogP contribution in [0.3, 0.4) is 0 Å². The largest absolute Gasteiger partial charge is 0.465 e. The zero-order valence-electron chi connectivity index (χ0n) is 17.8. The van der Waals surface area contributed by atoms with Gasteiger partial charge in [-0.1, -0.05) is 48.5 Å². The van der Waals surface area contributed by atoms with E-state index in [-0.39, 0.29) is 0 Å². The maximum absolute atomic E-state index is 12.6. The molecule has 3 rings (SSSR count). The Morgan fingerprint density at radius 1 is 0.867 bits per heavy atom. The Kier molecular flexibility index (Phi) is 7.19. The van der Waals surface area contributed by atoms with Crippen molar-refractivity contribution in [3.63, 3.8) is 0 Å². The molecule has 1 atom stereocenters. The second kappa shape index (κ2) is 9.83. The van der Waals surface area contributed by atoms with E-state index in [2.05, 4.69) is 61.0 Å². The summed E-state index contributed by atoms with van der Waals surface area (Å²) in [6.45, 7) is 6.64. The molecule has 0 spiro atoms. The summed E-state index contributed by atoms with van der Waals surface area (Å²) in [5, 5.41) is 0. The van der Waals surface area contributed by atoms with Gasteiger partial charge in [0.25, 0.3) is 0 Å². The van der Waals surface area contributed by atoms with Gasteiger partial charge in [-0.3, -0.25) is 0 Å². The third-order valence-corrected chi connectivity index (χ3v) is 6.42. The summed E-state index contributed by atoms with van der Waals surface area (Å²) in [6, 6.07) is 20.1. The molecule has 0 radical (unpaired) electrons. The lowest BCUT2D eigenvalue weighted by atomic mass is 9.99. The van der Waals surface area contributed by atoms with E-state index < -0.39 is 17.0 Å². The van der Waals surface area contributed by atoms with Crippen LogP contribution in [0.15, 0.2) is 65.6 Å². The van der Waals surface area contributed by atoms with Gasteiger partial charge in [-0.25, -0.2) is 13.7 Å². The highest BCUT2D eigenvalue weighted by molar-refractivity contribution is 7.83. The van der Waals surface area contributed by atoms with E-state index in [0.29, 0.717) is 17.0 Å². The number of methoxy groups -OCH3 is 1. The molecule has 0 bridgehead atoms. The van der Waals surface area contributed by atoms with Crippen LogP contribution in [0.2, 0.25) is 0 Å². The van der Waals surface area contributed by atoms with E-state index in [9.17, 15) is 9.00 Å². The predicted molar refractivity (Wildman–Crippen MR) is 122 cm³/mol. The first-order chi connectivity index (χ1) is 14.4. The summed E-state index contributed by atoms with van der Waals surface area (Å²) < 4.78 is 20.4. The highest BCUT2D eigenvalue weighted by Crippen LogP contribution is 2.22. The second-order valence-electron chi connectivity index (χ2n) is 7.38. The van der Waals surface area contributed by atoms with Crippen LogP contribution in [0, 0.1) is 20.8 Å². The van der Waals surface area contributed by atoms with Crippen molar-refractivity contribution in [2.45, 2.75) is 32.1 Å². The molecule has 4 nitrogen and oxygen atoms in total. The monoisotopic (exact) mass is 421 g/mol. The topological polar surface area (TPSA) is 55.4 Å². The minimum Gasteiger partial charge on any atom is -0.465 e. The lowest BCUT2D eigenvalue weighted by Crippen LogP contribution is -2.20. The number of carbonyl (C=O) groups excluding carboxylic acids is 1. The van der Waals surface area contributed by atoms with Crippen LogP contribution in [-0.2, 0) is 22.1 Å². The third-order valence-electron chi connectivity index (χ3n) is 5.27. The fraction of sp³-hybridized carbons (Fsp3) is 0.240. The second-order valence-corrected chi connectivity index (χ2v) is 8.67. The highest BCUT2D eigenvalue weighted by Gasteiger charge is 2.12. The number of esters is 1. The Balaban J connectivity index is 1.59. The van der Waals surface area contributed by atoms with Gasteiger partial charge in [0.1, 0.15) is 11.0 Å². The zero-order chi connectivity index (χ0) is 21.7. The molecule has 0 aliphatic heterocycles. The molecule has 1 unspecified atom stereocenters. The maximum atomic E-state index is 12.6. The number of hydrogen-bond acceptors (Lipinski definition) is 3. The predicted octanol–water partition coefficient (Wildman–Crippen LogP) is 4.92. The first-order valence-electron chi connectivity index (χ1n) is 9.90. The van der Waals surface area contributed by atoms with Crippen molar-refractivity contribution in [2.24, 2.45) is 0 Å². The molecule has 3 aromatic carbocycles. The molecule has 0 aromatic heterocycles. The summed E-state index contributed by atoms with van der Waals surface area (Å²) in [7, 11) is -0.0488. The molecule has 0 aliphatic carbocycles. The van der Waals surface area contributed by atoms with Crippen LogP contribution in [0.5, 0.6) is 0 Å². The Labute approximate surface area is 180 Å². The van der Waals surface area contributed by atoms with Gasteiger partial charge in [0.15, 0.2) is 0 Å². The number of ether oxygens (including phenoxy) is 1. The SMILES string of the molecule is COC(=O)c1cc(S(=O)NCCc2ccc(-c3ccc(C)c(C)c3)cc2)ccc1C. The Morgan fingerprint density at radius 2 is 1.53 bits per heavy atom. The number of aryl methyl sites for hydroxylation is 3. The first-order valence-corrected chi connectivity index (χ1v) is 11.0. The summed E-state index contributed by atoms with van der Waals surface area (Å²) in [5.41, 5.74) is 7.39. The van der Waals surface area contributed by atoms with Crippen LogP contribution >= 0.6 is 0 Å². The van der Waals surface area contributed by atoms with Gasteiger partial charge in [-0.15, -0.1) is 0 Å². The van der Waals surface area contributed by atoms with E-state index in [4.69, 9.17) is 4.74 Å². The van der Waals surface area contributed by atoms with Gasteiger partial charge in [-0.05, 0) is 72.7 Å². The number of carbonyl (C=O) groups is 1. The molecular formula is C25H27NO3S. The smallest absolute Gasteiger partial charge is 0.338 e. The van der Waals surface area contributed by atoms with Crippen molar-refractivity contribution in [1.29, 1.82) is 0 Å². The summed E-state index contributed by atoms with van der Waals surface area (Å²) in [4.78, 5) is 12.4. The molecule has 0 saturated heterocycles. The van der Waals surface area contributed by atoms with Crippen molar-refractivity contribution >= 4 is 17.0 Å². The zero-order valence-corrected chi connectivity index (χ0v) is 18.6. The fourth-order valence-corrected chi connectivity index (χ4v) is 4.07. The van der Waals surface area contributed by atoms with Crippen LogP contribution in [-0.4, -0.2) is 23.8 Å². The van der Waals surface area contributed by atoms with Crippen molar-refractivity contribution in [2.75, 3.05) is 13.7 Å². The van der Waals surface area contributed by atoms with Gasteiger partial charge in [0, 0.05) is 6.54 Å². The lowest BCUT2D eigenvalue weighted by Gasteiger charge is -2.09. The number of nitrogens with one attached hydrogen (secondary N) is 1. The molecule has 0 aliphatic rings. The molecule has 1 N–H and O–H groups in total. The Hall–Kier alpha value is -2.76. The molecule has 0 fully saturated rings. The highest BCUT2D eigenvalue weighted by atomic mass is 32.2. The Bertz CT molecular complexity index is 1070. The molecule has 5 heteroatoms. The molecule has 3 aromatic rings. The van der Waals surface area contributed by atoms with Gasteiger partial charge >= 0.3 is 5.97 Å². The maximum Gasteiger partial charge on any atom is 0.338 e. The van der Waals surface area contributed by atoms with Gasteiger partial charge < -0.3 is 4.74 Å². The molecule has 156 valence electrons. The van der Waals surface area contributed by atoms with Crippen LogP contribution in [0.4, 0.5) is 0 Å². The van der Waals surface area contributed by atoms with Crippen molar-refractivity contribution in [1.82, 2.24) is 4.72 Å². The quantitative estimate of drug-likeness (QED) is 0.551. The van der Waals surface area contributed by atoms with Gasteiger partial charge in [0.05, 0.1) is 17.6 Å². The first kappa shape index (κ1) is 21.9. The van der Waals surface area contributed by atoms with Gasteiger partial charge in [0.2, 0.25) is 0 Å². The minimum atomic E-state index is -1.39. The van der Waals surface area contributed by atoms with Crippen molar-refractivity contribution in [3.05, 3.63) is 88.5 Å². The number of benzene rings is 3. The summed E-state index contributed by atoms with van der Waals surface area (Å²) in [5.74, 6) is -0.421. The van der Waals surface area contributed by atoms with E-state index in [1.165, 1.54) is 34.9 Å². The molecule has 0 heterocycles. The van der Waals surface area contributed by atoms with Crippen molar-refractivity contribution in [3.8, 4) is 11.1 Å². The lowest BCUT2D eigenvalue weighted by molar-refractivity contribution is 0.0599. The van der Waals surface area contributed by atoms with E-state index in [0.717, 1.165) is 12.0 Å². The summed E-state index contributed by atoms with van der Waals surface area (Å²) >= 11 is 0. The van der Waals surface area contributed by atoms with E-state index >= 15 is 0 Å². The molecular weight excluding hydrogens is 394 g/mol. The molecule has 0 saturated carbocycles. The van der Waals surface area contributed by atoms with Crippen LogP contribution in [0.25, 0.3) is 11.1 Å². The van der Waals surface area contributed by atoms with E-state index in [1.54, 1.807) is 18.2 Å². The van der Waals surface area contributed by atoms with Crippen LogP contribution < -0.4 is 4.72 Å². The van der Waals surface area contributed by atoms with Gasteiger partial charge in [-0.2, -0.15) is 0 Å². The molecule has 0 amide bonds. The fourth-order valence-electron chi connectivity index (χ4n) is 3.20. The Morgan fingerprint density at radius 3 is 2.20 bits per heavy atom. The van der Waals surface area contributed by atoms with E-state index in [1.807, 2.05) is 6.92 Å². The van der Waals surface area contributed by atoms with Crippen LogP contribution in [0.1, 0.15) is 32.6 Å². The summed E-state index contributed by atoms with van der Waals surface area (Å²) in [6.07, 6.45) is 0.759. The van der Waals surface area contributed by atoms with Crippen molar-refractivity contribution < 1.29 is 13.7 Å². The normalized spacial score (nSPS) is 11.9. The third kappa shape index (κ3) is 5.23. The standard InChI is InChI=1S/C25H27NO3S/c1-17-5-9-22(15-19(17)3)21-10-7-20(8-11-21)13-14-26-30(28)23-12-6-18(2)24(16-23)25(27)29-4/h5-12,15-16,26H,13-14H2,1-4H3. The minimum absolute atomic E-state index is 0.421. The molecule has 30 heavy (non-hydrogen) atoms.